The molecule has 1 aromatic rings. The molecule has 1 aromatic carbocycles. The van der Waals surface area contributed by atoms with Gasteiger partial charge in [-0.05, 0) is 25.0 Å². The van der Waals surface area contributed by atoms with Crippen molar-refractivity contribution in [2.45, 2.75) is 31.7 Å². The van der Waals surface area contributed by atoms with Gasteiger partial charge in [0, 0.05) is 5.56 Å². The van der Waals surface area contributed by atoms with E-state index >= 15 is 0 Å². The fourth-order valence-electron chi connectivity index (χ4n) is 1.79. The van der Waals surface area contributed by atoms with Gasteiger partial charge in [0.15, 0.2) is 11.6 Å². The Bertz CT molecular complexity index is 642. The molecule has 6 nitrogen and oxygen atoms in total. The third-order valence-corrected chi connectivity index (χ3v) is 4.61. The lowest BCUT2D eigenvalue weighted by Crippen LogP contribution is -2.44. The van der Waals surface area contributed by atoms with Crippen LogP contribution in [0.2, 0.25) is 0 Å². The van der Waals surface area contributed by atoms with Crippen LogP contribution in [0.4, 0.5) is 4.39 Å². The van der Waals surface area contributed by atoms with Crippen LogP contribution >= 0.6 is 0 Å². The molecule has 0 aromatic heterocycles. The van der Waals surface area contributed by atoms with Gasteiger partial charge in [-0.3, -0.25) is 4.79 Å². The summed E-state index contributed by atoms with van der Waals surface area (Å²) in [4.78, 5) is 10.8. The van der Waals surface area contributed by atoms with E-state index in [0.717, 1.165) is 0 Å². The molecular formula is C13H18FNO5S. The summed E-state index contributed by atoms with van der Waals surface area (Å²) in [6.45, 7) is 4.43. The monoisotopic (exact) mass is 319 g/mol. The van der Waals surface area contributed by atoms with Crippen molar-refractivity contribution in [2.75, 3.05) is 7.11 Å². The molecule has 1 atom stereocenters. The van der Waals surface area contributed by atoms with Crippen LogP contribution in [0.15, 0.2) is 17.0 Å². The molecule has 0 heterocycles. The summed E-state index contributed by atoms with van der Waals surface area (Å²) >= 11 is 0. The Morgan fingerprint density at radius 3 is 2.38 bits per heavy atom. The molecule has 0 unspecified atom stereocenters. The van der Waals surface area contributed by atoms with Crippen LogP contribution in [0.25, 0.3) is 0 Å². The van der Waals surface area contributed by atoms with Gasteiger partial charge in [-0.15, -0.1) is 0 Å². The van der Waals surface area contributed by atoms with Gasteiger partial charge in [-0.1, -0.05) is 13.8 Å². The number of rotatable bonds is 6. The number of carboxylic acids is 1. The molecule has 2 N–H and O–H groups in total. The first-order valence-corrected chi connectivity index (χ1v) is 7.68. The second-order valence-electron chi connectivity index (χ2n) is 4.89. The zero-order chi connectivity index (χ0) is 16.4. The minimum atomic E-state index is -4.15. The lowest BCUT2D eigenvalue weighted by atomic mass is 10.1. The van der Waals surface area contributed by atoms with Gasteiger partial charge in [0.25, 0.3) is 0 Å². The summed E-state index contributed by atoms with van der Waals surface area (Å²) in [5.74, 6) is -2.62. The summed E-state index contributed by atoms with van der Waals surface area (Å²) in [6.07, 6.45) is 0. The van der Waals surface area contributed by atoms with E-state index in [4.69, 9.17) is 9.84 Å². The first kappa shape index (κ1) is 17.4. The van der Waals surface area contributed by atoms with Crippen molar-refractivity contribution in [1.29, 1.82) is 0 Å². The highest BCUT2D eigenvalue weighted by Gasteiger charge is 2.29. The second-order valence-corrected chi connectivity index (χ2v) is 6.57. The Labute approximate surface area is 123 Å². The smallest absolute Gasteiger partial charge is 0.322 e. The number of carboxylic acid groups (broad SMARTS) is 1. The van der Waals surface area contributed by atoms with E-state index in [-0.39, 0.29) is 16.2 Å². The van der Waals surface area contributed by atoms with Crippen LogP contribution in [0, 0.1) is 18.7 Å². The number of nitrogens with one attached hydrogen (secondary N) is 1. The van der Waals surface area contributed by atoms with Gasteiger partial charge in [-0.2, -0.15) is 4.72 Å². The van der Waals surface area contributed by atoms with Crippen molar-refractivity contribution < 1.29 is 27.4 Å². The van der Waals surface area contributed by atoms with Crippen LogP contribution < -0.4 is 9.46 Å². The Balaban J connectivity index is 3.26. The molecule has 0 aliphatic rings. The number of sulfonamides is 1. The minimum Gasteiger partial charge on any atom is -0.494 e. The molecule has 0 amide bonds. The fraction of sp³-hybridized carbons (Fsp3) is 0.462. The van der Waals surface area contributed by atoms with E-state index in [1.165, 1.54) is 26.2 Å². The lowest BCUT2D eigenvalue weighted by molar-refractivity contribution is -0.140. The van der Waals surface area contributed by atoms with Crippen molar-refractivity contribution in [3.8, 4) is 5.75 Å². The Hall–Kier alpha value is -1.67. The maximum absolute atomic E-state index is 13.9. The lowest BCUT2D eigenvalue weighted by Gasteiger charge is -2.19. The number of hydrogen-bond acceptors (Lipinski definition) is 4. The predicted molar refractivity (Wildman–Crippen MR) is 74.3 cm³/mol. The molecular weight excluding hydrogens is 301 g/mol. The maximum atomic E-state index is 13.9. The first-order valence-electron chi connectivity index (χ1n) is 6.20. The normalized spacial score (nSPS) is 13.2. The molecule has 0 aliphatic carbocycles. The molecule has 0 spiro atoms. The summed E-state index contributed by atoms with van der Waals surface area (Å²) in [6, 6.07) is 1.07. The summed E-state index contributed by atoms with van der Waals surface area (Å²) in [7, 11) is -2.89. The van der Waals surface area contributed by atoms with E-state index in [2.05, 4.69) is 4.72 Å². The molecule has 8 heteroatoms. The maximum Gasteiger partial charge on any atom is 0.322 e. The molecule has 0 aliphatic heterocycles. The summed E-state index contributed by atoms with van der Waals surface area (Å²) < 4.78 is 45.2. The Morgan fingerprint density at radius 1 is 1.38 bits per heavy atom. The largest absolute Gasteiger partial charge is 0.494 e. The van der Waals surface area contributed by atoms with Crippen molar-refractivity contribution in [3.63, 3.8) is 0 Å². The first-order chi connectivity index (χ1) is 9.61. The highest BCUT2D eigenvalue weighted by Crippen LogP contribution is 2.26. The van der Waals surface area contributed by atoms with Gasteiger partial charge < -0.3 is 9.84 Å². The standard InChI is InChI=1S/C13H18FNO5S/c1-7(2)12(13(16)17)15-21(18,19)10-6-5-9(20-4)11(14)8(10)3/h5-7,12,15H,1-4H3,(H,16,17)/t12-/m1/s1. The van der Waals surface area contributed by atoms with E-state index in [1.54, 1.807) is 13.8 Å². The number of carbonyl (C=O) groups is 1. The number of ether oxygens (including phenoxy) is 1. The van der Waals surface area contributed by atoms with Crippen LogP contribution in [0.3, 0.4) is 0 Å². The average Bonchev–Trinajstić information content (AvgIpc) is 2.38. The van der Waals surface area contributed by atoms with Gasteiger partial charge >= 0.3 is 5.97 Å². The van der Waals surface area contributed by atoms with E-state index in [1.807, 2.05) is 0 Å². The summed E-state index contributed by atoms with van der Waals surface area (Å²) in [5.41, 5.74) is -0.130. The number of hydrogen-bond donors (Lipinski definition) is 2. The quantitative estimate of drug-likeness (QED) is 0.829. The van der Waals surface area contributed by atoms with Gasteiger partial charge in [0.2, 0.25) is 10.0 Å². The molecule has 0 saturated carbocycles. The Kier molecular flexibility index (Phi) is 5.30. The topological polar surface area (TPSA) is 92.7 Å². The van der Waals surface area contributed by atoms with Crippen molar-refractivity contribution in [1.82, 2.24) is 4.72 Å². The van der Waals surface area contributed by atoms with Crippen LogP contribution in [-0.4, -0.2) is 32.6 Å². The number of benzene rings is 1. The van der Waals surface area contributed by atoms with Gasteiger partial charge in [0.05, 0.1) is 12.0 Å². The molecule has 0 fully saturated rings. The third kappa shape index (κ3) is 3.70. The third-order valence-electron chi connectivity index (χ3n) is 3.03. The fourth-order valence-corrected chi connectivity index (χ4v) is 3.37. The molecule has 118 valence electrons. The van der Waals surface area contributed by atoms with Crippen LogP contribution in [-0.2, 0) is 14.8 Å². The van der Waals surface area contributed by atoms with Crippen LogP contribution in [0.5, 0.6) is 5.75 Å². The highest BCUT2D eigenvalue weighted by molar-refractivity contribution is 7.89. The Morgan fingerprint density at radius 2 is 1.95 bits per heavy atom. The zero-order valence-electron chi connectivity index (χ0n) is 12.2. The van der Waals surface area contributed by atoms with Gasteiger partial charge in [-0.25, -0.2) is 12.8 Å². The number of aliphatic carboxylic acids is 1. The van der Waals surface area contributed by atoms with Gasteiger partial charge in [0.1, 0.15) is 6.04 Å². The van der Waals surface area contributed by atoms with Crippen molar-refractivity contribution in [2.24, 2.45) is 5.92 Å². The summed E-state index contributed by atoms with van der Waals surface area (Å²) in [5, 5.41) is 9.04. The SMILES string of the molecule is COc1ccc(S(=O)(=O)N[C@@H](C(=O)O)C(C)C)c(C)c1F. The zero-order valence-corrected chi connectivity index (χ0v) is 13.0. The molecule has 0 saturated heterocycles. The van der Waals surface area contributed by atoms with E-state index < -0.39 is 33.8 Å². The highest BCUT2D eigenvalue weighted by atomic mass is 32.2. The van der Waals surface area contributed by atoms with E-state index in [0.29, 0.717) is 0 Å². The number of halogens is 1. The van der Waals surface area contributed by atoms with Crippen molar-refractivity contribution in [3.05, 3.63) is 23.5 Å². The predicted octanol–water partition coefficient (Wildman–Crippen LogP) is 1.53. The minimum absolute atomic E-state index is 0.0786. The second kappa shape index (κ2) is 6.40. The van der Waals surface area contributed by atoms with Crippen LogP contribution in [0.1, 0.15) is 19.4 Å². The van der Waals surface area contributed by atoms with E-state index in [9.17, 15) is 17.6 Å². The molecule has 0 bridgehead atoms. The number of methoxy groups -OCH3 is 1. The van der Waals surface area contributed by atoms with Crippen molar-refractivity contribution >= 4 is 16.0 Å². The molecule has 1 rings (SSSR count). The molecule has 21 heavy (non-hydrogen) atoms. The average molecular weight is 319 g/mol. The molecule has 0 radical (unpaired) electrons.